The second-order valence-corrected chi connectivity index (χ2v) is 11.2. The molecule has 4 aromatic rings. The quantitative estimate of drug-likeness (QED) is 0.156. The van der Waals surface area contributed by atoms with Crippen LogP contribution in [0.5, 0.6) is 11.5 Å². The molecule has 0 saturated carbocycles. The van der Waals surface area contributed by atoms with Gasteiger partial charge in [-0.3, -0.25) is 19.8 Å². The first-order valence-electron chi connectivity index (χ1n) is 12.2. The van der Waals surface area contributed by atoms with Crippen LogP contribution in [0.1, 0.15) is 23.5 Å². The number of anilines is 2. The third-order valence-corrected chi connectivity index (χ3v) is 7.34. The van der Waals surface area contributed by atoms with Crippen molar-refractivity contribution in [2.45, 2.75) is 12.1 Å². The average Bonchev–Trinajstić information content (AvgIpc) is 3.57. The van der Waals surface area contributed by atoms with Crippen molar-refractivity contribution in [1.29, 1.82) is 0 Å². The maximum absolute atomic E-state index is 11.8. The van der Waals surface area contributed by atoms with Crippen LogP contribution in [-0.4, -0.2) is 43.9 Å². The lowest BCUT2D eigenvalue weighted by molar-refractivity contribution is -0.384. The molecule has 3 heterocycles. The molecule has 1 aliphatic rings. The van der Waals surface area contributed by atoms with Crippen LogP contribution in [-0.2, 0) is 10.0 Å². The maximum Gasteiger partial charge on any atom is 0.273 e. The van der Waals surface area contributed by atoms with E-state index in [1.54, 1.807) is 42.6 Å². The summed E-state index contributed by atoms with van der Waals surface area (Å²) >= 11 is 5.76. The van der Waals surface area contributed by atoms with E-state index in [1.165, 1.54) is 26.4 Å². The van der Waals surface area contributed by atoms with Gasteiger partial charge in [-0.2, -0.15) is 0 Å². The summed E-state index contributed by atoms with van der Waals surface area (Å²) in [4.78, 5) is 17.1. The molecule has 5 rings (SSSR count). The Hall–Kier alpha value is -4.69. The number of nitrogens with zero attached hydrogens (tertiary/aromatic N) is 3. The number of methoxy groups -OCH3 is 2. The number of hydrogen-bond acceptors (Lipinski definition) is 9. The highest BCUT2D eigenvalue weighted by atomic mass is 32.2. The molecule has 0 bridgehead atoms. The van der Waals surface area contributed by atoms with Crippen LogP contribution in [0.15, 0.2) is 77.3 Å². The zero-order valence-corrected chi connectivity index (χ0v) is 23.7. The van der Waals surface area contributed by atoms with Crippen LogP contribution in [0.2, 0.25) is 0 Å². The predicted octanol–water partition coefficient (Wildman–Crippen LogP) is 4.82. The van der Waals surface area contributed by atoms with E-state index in [2.05, 4.69) is 15.0 Å². The molecule has 14 heteroatoms. The first-order valence-corrected chi connectivity index (χ1v) is 14.5. The van der Waals surface area contributed by atoms with Crippen LogP contribution in [0.25, 0.3) is 11.3 Å². The second-order valence-electron chi connectivity index (χ2n) is 9.10. The molecule has 1 saturated heterocycles. The molecule has 2 atom stereocenters. The van der Waals surface area contributed by atoms with Gasteiger partial charge in [0.1, 0.15) is 29.1 Å². The van der Waals surface area contributed by atoms with E-state index in [1.807, 2.05) is 23.1 Å². The number of benzene rings is 2. The zero-order valence-electron chi connectivity index (χ0n) is 22.1. The number of furan rings is 1. The lowest BCUT2D eigenvalue weighted by atomic mass is 10.0. The molecule has 2 aromatic carbocycles. The van der Waals surface area contributed by atoms with E-state index in [-0.39, 0.29) is 17.1 Å². The van der Waals surface area contributed by atoms with Crippen molar-refractivity contribution in [2.75, 3.05) is 30.1 Å². The Morgan fingerprint density at radius 3 is 2.51 bits per heavy atom. The number of nitro groups is 1. The molecule has 2 N–H and O–H groups in total. The van der Waals surface area contributed by atoms with Crippen LogP contribution in [0.3, 0.4) is 0 Å². The molecule has 0 radical (unpaired) electrons. The van der Waals surface area contributed by atoms with Gasteiger partial charge in [-0.1, -0.05) is 6.07 Å². The van der Waals surface area contributed by atoms with Gasteiger partial charge >= 0.3 is 0 Å². The van der Waals surface area contributed by atoms with Crippen LogP contribution < -0.4 is 24.4 Å². The molecule has 0 spiro atoms. The summed E-state index contributed by atoms with van der Waals surface area (Å²) in [6, 6.07) is 17.5. The number of pyridine rings is 1. The minimum atomic E-state index is -3.54. The van der Waals surface area contributed by atoms with Crippen molar-refractivity contribution >= 4 is 44.4 Å². The Morgan fingerprint density at radius 2 is 1.85 bits per heavy atom. The molecule has 12 nitrogen and oxygen atoms in total. The Labute approximate surface area is 241 Å². The number of thiocarbonyl (C=S) groups is 1. The van der Waals surface area contributed by atoms with Gasteiger partial charge in [0.05, 0.1) is 54.5 Å². The molecule has 41 heavy (non-hydrogen) atoms. The smallest absolute Gasteiger partial charge is 0.273 e. The van der Waals surface area contributed by atoms with E-state index < -0.39 is 27.0 Å². The SMILES string of the molecule is COc1cc(N2C(=S)NC(c3ccccn3)C2c2ccc(-c3ccc([N+](=O)[O-])cc3OC)o2)ccc1NS(C)(=O)=O. The largest absolute Gasteiger partial charge is 0.496 e. The van der Waals surface area contributed by atoms with Crippen molar-refractivity contribution < 1.29 is 27.2 Å². The lowest BCUT2D eigenvalue weighted by Crippen LogP contribution is -2.29. The Morgan fingerprint density at radius 1 is 1.07 bits per heavy atom. The van der Waals surface area contributed by atoms with E-state index in [0.29, 0.717) is 33.6 Å². The van der Waals surface area contributed by atoms with Crippen LogP contribution in [0, 0.1) is 10.1 Å². The molecule has 2 unspecified atom stereocenters. The zero-order chi connectivity index (χ0) is 29.3. The van der Waals surface area contributed by atoms with Crippen molar-refractivity contribution in [3.63, 3.8) is 0 Å². The van der Waals surface area contributed by atoms with Gasteiger partial charge in [0.2, 0.25) is 10.0 Å². The van der Waals surface area contributed by atoms with Gasteiger partial charge in [-0.05, 0) is 54.7 Å². The number of aromatic nitrogens is 1. The molecular weight excluding hydrogens is 570 g/mol. The number of nitro benzene ring substituents is 1. The fourth-order valence-electron chi connectivity index (χ4n) is 4.69. The highest BCUT2D eigenvalue weighted by Crippen LogP contribution is 2.45. The minimum absolute atomic E-state index is 0.105. The standard InChI is InChI=1S/C27H25N5O7S2/c1-37-23-15-17(32(33)34)7-9-18(23)21-11-12-22(39-21)26-25(20-6-4-5-13-28-20)29-27(40)31(26)16-8-10-19(24(14-16)38-2)30-41(3,35)36/h4-15,25-26,30H,1-3H3,(H,29,40). The van der Waals surface area contributed by atoms with Gasteiger partial charge in [-0.25, -0.2) is 8.42 Å². The number of non-ortho nitro benzene ring substituents is 1. The Kier molecular flexibility index (Phi) is 7.51. The van der Waals surface area contributed by atoms with E-state index >= 15 is 0 Å². The van der Waals surface area contributed by atoms with E-state index in [9.17, 15) is 18.5 Å². The van der Waals surface area contributed by atoms with Crippen LogP contribution in [0.4, 0.5) is 17.1 Å². The normalized spacial score (nSPS) is 16.8. The van der Waals surface area contributed by atoms with E-state index in [4.69, 9.17) is 26.1 Å². The predicted molar refractivity (Wildman–Crippen MR) is 157 cm³/mol. The molecular formula is C27H25N5O7S2. The fourth-order valence-corrected chi connectivity index (χ4v) is 5.60. The van der Waals surface area contributed by atoms with E-state index in [0.717, 1.165) is 11.9 Å². The Bertz CT molecular complexity index is 1730. The highest BCUT2D eigenvalue weighted by molar-refractivity contribution is 7.92. The highest BCUT2D eigenvalue weighted by Gasteiger charge is 2.43. The van der Waals surface area contributed by atoms with Gasteiger partial charge in [0.25, 0.3) is 5.69 Å². The van der Waals surface area contributed by atoms with Gasteiger partial charge in [0.15, 0.2) is 5.11 Å². The maximum atomic E-state index is 11.8. The molecule has 1 fully saturated rings. The number of hydrogen-bond donors (Lipinski definition) is 2. The van der Waals surface area contributed by atoms with Crippen molar-refractivity contribution in [2.24, 2.45) is 0 Å². The average molecular weight is 596 g/mol. The van der Waals surface area contributed by atoms with Crippen molar-refractivity contribution in [3.05, 3.63) is 94.5 Å². The molecule has 2 aromatic heterocycles. The summed E-state index contributed by atoms with van der Waals surface area (Å²) < 4.78 is 43.4. The summed E-state index contributed by atoms with van der Waals surface area (Å²) in [6.07, 6.45) is 2.74. The Balaban J connectivity index is 1.60. The molecule has 212 valence electrons. The third kappa shape index (κ3) is 5.64. The minimum Gasteiger partial charge on any atom is -0.496 e. The molecule has 1 aliphatic heterocycles. The number of rotatable bonds is 9. The fraction of sp³-hybridized carbons (Fsp3) is 0.185. The van der Waals surface area contributed by atoms with Gasteiger partial charge in [-0.15, -0.1) is 0 Å². The number of nitrogens with one attached hydrogen (secondary N) is 2. The summed E-state index contributed by atoms with van der Waals surface area (Å²) in [6.45, 7) is 0. The van der Waals surface area contributed by atoms with Crippen molar-refractivity contribution in [3.8, 4) is 22.8 Å². The first-order chi connectivity index (χ1) is 19.6. The first kappa shape index (κ1) is 27.9. The molecule has 0 aliphatic carbocycles. The molecule has 0 amide bonds. The monoisotopic (exact) mass is 595 g/mol. The summed E-state index contributed by atoms with van der Waals surface area (Å²) in [5.41, 5.74) is 2.05. The van der Waals surface area contributed by atoms with Gasteiger partial charge < -0.3 is 24.1 Å². The second kappa shape index (κ2) is 11.1. The summed E-state index contributed by atoms with van der Waals surface area (Å²) in [7, 11) is -0.667. The van der Waals surface area contributed by atoms with Crippen molar-refractivity contribution in [1.82, 2.24) is 10.3 Å². The topological polar surface area (TPSA) is 149 Å². The van der Waals surface area contributed by atoms with Crippen LogP contribution >= 0.6 is 12.2 Å². The third-order valence-electron chi connectivity index (χ3n) is 6.44. The lowest BCUT2D eigenvalue weighted by Gasteiger charge is -2.27. The summed E-state index contributed by atoms with van der Waals surface area (Å²) in [5, 5.41) is 15.0. The number of ether oxygens (including phenoxy) is 2. The number of sulfonamides is 1. The summed E-state index contributed by atoms with van der Waals surface area (Å²) in [5.74, 6) is 1.55. The van der Waals surface area contributed by atoms with Gasteiger partial charge in [0, 0.05) is 24.0 Å².